The highest BCUT2D eigenvalue weighted by Crippen LogP contribution is 2.12. The minimum atomic E-state index is -0.734. The van der Waals surface area contributed by atoms with E-state index in [1.165, 1.54) is 6.21 Å². The number of amides is 2. The van der Waals surface area contributed by atoms with E-state index < -0.39 is 6.03 Å². The second kappa shape index (κ2) is 3.79. The molecule has 0 unspecified atom stereocenters. The number of urea groups is 1. The zero-order chi connectivity index (χ0) is 10.7. The zero-order valence-electron chi connectivity index (χ0n) is 7.68. The van der Waals surface area contributed by atoms with Crippen LogP contribution in [0.25, 0.3) is 11.1 Å². The van der Waals surface area contributed by atoms with Crippen LogP contribution < -0.4 is 11.2 Å². The van der Waals surface area contributed by atoms with Gasteiger partial charge in [-0.25, -0.2) is 15.2 Å². The van der Waals surface area contributed by atoms with Crippen LogP contribution in [0.15, 0.2) is 33.8 Å². The summed E-state index contributed by atoms with van der Waals surface area (Å²) in [5.74, 6) is 0.310. The molecule has 0 aliphatic rings. The number of para-hydroxylation sites is 2. The first-order chi connectivity index (χ1) is 7.25. The van der Waals surface area contributed by atoms with Gasteiger partial charge < -0.3 is 10.2 Å². The molecule has 76 valence electrons. The number of hydrazone groups is 1. The number of rotatable bonds is 2. The molecule has 0 bridgehead atoms. The van der Waals surface area contributed by atoms with Crippen molar-refractivity contribution in [3.8, 4) is 0 Å². The van der Waals surface area contributed by atoms with Crippen LogP contribution in [0.5, 0.6) is 0 Å². The molecule has 6 nitrogen and oxygen atoms in total. The number of carbonyl (C=O) groups is 1. The predicted octanol–water partition coefficient (Wildman–Crippen LogP) is 0.830. The van der Waals surface area contributed by atoms with E-state index in [1.54, 1.807) is 6.07 Å². The third-order valence-electron chi connectivity index (χ3n) is 1.66. The van der Waals surface area contributed by atoms with E-state index in [0.29, 0.717) is 11.5 Å². The lowest BCUT2D eigenvalue weighted by Crippen LogP contribution is -2.24. The van der Waals surface area contributed by atoms with Crippen molar-refractivity contribution in [3.05, 3.63) is 30.2 Å². The summed E-state index contributed by atoms with van der Waals surface area (Å²) in [5.41, 5.74) is 8.26. The Morgan fingerprint density at radius 3 is 3.07 bits per heavy atom. The van der Waals surface area contributed by atoms with Gasteiger partial charge in [-0.15, -0.1) is 0 Å². The fraction of sp³-hybridized carbons (Fsp3) is 0. The lowest BCUT2D eigenvalue weighted by Gasteiger charge is -1.87. The van der Waals surface area contributed by atoms with Crippen LogP contribution >= 0.6 is 0 Å². The topological polar surface area (TPSA) is 93.5 Å². The number of aromatic nitrogens is 1. The summed E-state index contributed by atoms with van der Waals surface area (Å²) in [6.45, 7) is 0. The van der Waals surface area contributed by atoms with E-state index in [2.05, 4.69) is 10.1 Å². The Kier molecular flexibility index (Phi) is 2.32. The largest absolute Gasteiger partial charge is 0.435 e. The summed E-state index contributed by atoms with van der Waals surface area (Å²) in [6, 6.07) is 6.57. The van der Waals surface area contributed by atoms with Gasteiger partial charge in [-0.2, -0.15) is 5.10 Å². The van der Waals surface area contributed by atoms with Crippen LogP contribution in [0.2, 0.25) is 0 Å². The lowest BCUT2D eigenvalue weighted by atomic mass is 10.3. The number of fused-ring (bicyclic) bond motifs is 1. The minimum Gasteiger partial charge on any atom is -0.435 e. The minimum absolute atomic E-state index is 0.310. The van der Waals surface area contributed by atoms with Crippen molar-refractivity contribution >= 4 is 23.3 Å². The van der Waals surface area contributed by atoms with E-state index in [0.717, 1.165) is 5.52 Å². The molecule has 6 heteroatoms. The lowest BCUT2D eigenvalue weighted by molar-refractivity contribution is 0.249. The Balaban J connectivity index is 2.22. The first-order valence-electron chi connectivity index (χ1n) is 4.20. The molecule has 0 atom stereocenters. The van der Waals surface area contributed by atoms with Crippen molar-refractivity contribution < 1.29 is 9.21 Å². The predicted molar refractivity (Wildman–Crippen MR) is 54.3 cm³/mol. The van der Waals surface area contributed by atoms with E-state index in [4.69, 9.17) is 10.2 Å². The van der Waals surface area contributed by atoms with Gasteiger partial charge >= 0.3 is 6.03 Å². The molecule has 1 aromatic carbocycles. The molecule has 3 N–H and O–H groups in total. The summed E-state index contributed by atoms with van der Waals surface area (Å²) in [7, 11) is 0. The smallest absolute Gasteiger partial charge is 0.332 e. The Morgan fingerprint density at radius 2 is 2.33 bits per heavy atom. The van der Waals surface area contributed by atoms with Crippen LogP contribution in [0.1, 0.15) is 5.89 Å². The summed E-state index contributed by atoms with van der Waals surface area (Å²) in [6.07, 6.45) is 1.28. The molecule has 0 spiro atoms. The summed E-state index contributed by atoms with van der Waals surface area (Å²) >= 11 is 0. The fourth-order valence-corrected chi connectivity index (χ4v) is 1.10. The third-order valence-corrected chi connectivity index (χ3v) is 1.66. The van der Waals surface area contributed by atoms with Gasteiger partial charge in [0.05, 0.1) is 0 Å². The van der Waals surface area contributed by atoms with Crippen molar-refractivity contribution in [1.29, 1.82) is 0 Å². The Hall–Kier alpha value is -2.37. The van der Waals surface area contributed by atoms with E-state index in [1.807, 2.05) is 23.6 Å². The van der Waals surface area contributed by atoms with Crippen LogP contribution in [0.3, 0.4) is 0 Å². The molecule has 0 aliphatic carbocycles. The van der Waals surface area contributed by atoms with Crippen molar-refractivity contribution in [3.63, 3.8) is 0 Å². The monoisotopic (exact) mass is 204 g/mol. The number of hydrogen-bond donors (Lipinski definition) is 2. The molecule has 2 aromatic rings. The molecule has 0 aliphatic heterocycles. The molecule has 1 heterocycles. The van der Waals surface area contributed by atoms with Crippen molar-refractivity contribution in [1.82, 2.24) is 10.4 Å². The Labute approximate surface area is 84.8 Å². The van der Waals surface area contributed by atoms with Gasteiger partial charge in [-0.1, -0.05) is 12.1 Å². The second-order valence-electron chi connectivity index (χ2n) is 2.75. The standard InChI is InChI=1S/C9H8N4O2/c10-9(14)13-11-5-8-12-6-3-1-2-4-7(6)15-8/h1-5H,(H3,10,13,14)/b11-5+. The van der Waals surface area contributed by atoms with E-state index >= 15 is 0 Å². The number of nitrogens with two attached hydrogens (primary N) is 1. The van der Waals surface area contributed by atoms with Gasteiger partial charge in [-0.05, 0) is 12.1 Å². The number of oxazole rings is 1. The number of primary amides is 1. The summed E-state index contributed by atoms with van der Waals surface area (Å²) in [5, 5.41) is 3.53. The molecule has 0 saturated carbocycles. The van der Waals surface area contributed by atoms with Gasteiger partial charge in [0.2, 0.25) is 5.89 Å². The normalized spacial score (nSPS) is 10.9. The first-order valence-corrected chi connectivity index (χ1v) is 4.20. The zero-order valence-corrected chi connectivity index (χ0v) is 7.68. The van der Waals surface area contributed by atoms with Crippen molar-refractivity contribution in [2.75, 3.05) is 0 Å². The highest BCUT2D eigenvalue weighted by Gasteiger charge is 2.01. The van der Waals surface area contributed by atoms with Gasteiger partial charge in [0.15, 0.2) is 5.58 Å². The summed E-state index contributed by atoms with van der Waals surface area (Å²) in [4.78, 5) is 14.4. The average molecular weight is 204 g/mol. The maximum absolute atomic E-state index is 10.3. The van der Waals surface area contributed by atoms with Gasteiger partial charge in [0.25, 0.3) is 0 Å². The molecule has 0 fully saturated rings. The van der Waals surface area contributed by atoms with Crippen molar-refractivity contribution in [2.24, 2.45) is 10.8 Å². The maximum atomic E-state index is 10.3. The number of nitrogens with zero attached hydrogens (tertiary/aromatic N) is 2. The number of nitrogens with one attached hydrogen (secondary N) is 1. The first kappa shape index (κ1) is 9.20. The second-order valence-corrected chi connectivity index (χ2v) is 2.75. The van der Waals surface area contributed by atoms with Crippen LogP contribution in [0, 0.1) is 0 Å². The van der Waals surface area contributed by atoms with Crippen LogP contribution in [-0.4, -0.2) is 17.2 Å². The molecular formula is C9H8N4O2. The average Bonchev–Trinajstić information content (AvgIpc) is 2.59. The molecule has 15 heavy (non-hydrogen) atoms. The van der Waals surface area contributed by atoms with Crippen molar-refractivity contribution in [2.45, 2.75) is 0 Å². The van der Waals surface area contributed by atoms with Crippen LogP contribution in [-0.2, 0) is 0 Å². The quantitative estimate of drug-likeness (QED) is 0.560. The molecule has 1 aromatic heterocycles. The molecule has 2 amide bonds. The SMILES string of the molecule is NC(=O)N/N=C/c1nc2ccccc2o1. The van der Waals surface area contributed by atoms with Crippen LogP contribution in [0.4, 0.5) is 4.79 Å². The molecule has 0 saturated heterocycles. The van der Waals surface area contributed by atoms with Gasteiger partial charge in [-0.3, -0.25) is 0 Å². The number of benzene rings is 1. The Morgan fingerprint density at radius 1 is 1.53 bits per heavy atom. The highest BCUT2D eigenvalue weighted by molar-refractivity contribution is 5.82. The highest BCUT2D eigenvalue weighted by atomic mass is 16.3. The number of hydrogen-bond acceptors (Lipinski definition) is 4. The third kappa shape index (κ3) is 2.11. The summed E-state index contributed by atoms with van der Waals surface area (Å²) < 4.78 is 5.30. The molecule has 2 rings (SSSR count). The van der Waals surface area contributed by atoms with E-state index in [-0.39, 0.29) is 0 Å². The Bertz CT molecular complexity index is 485. The number of carbonyl (C=O) groups excluding carboxylic acids is 1. The maximum Gasteiger partial charge on any atom is 0.332 e. The molecule has 0 radical (unpaired) electrons. The van der Waals surface area contributed by atoms with E-state index in [9.17, 15) is 4.79 Å². The fourth-order valence-electron chi connectivity index (χ4n) is 1.10. The van der Waals surface area contributed by atoms with Gasteiger partial charge in [0.1, 0.15) is 11.7 Å². The van der Waals surface area contributed by atoms with Gasteiger partial charge in [0, 0.05) is 0 Å². The molecular weight excluding hydrogens is 196 g/mol.